The van der Waals surface area contributed by atoms with E-state index in [4.69, 9.17) is 4.74 Å². The average Bonchev–Trinajstić information content (AvgIpc) is 2.76. The van der Waals surface area contributed by atoms with Gasteiger partial charge in [0, 0.05) is 17.3 Å². The van der Waals surface area contributed by atoms with Gasteiger partial charge in [0.25, 0.3) is 0 Å². The van der Waals surface area contributed by atoms with Gasteiger partial charge in [0.05, 0.1) is 0 Å². The van der Waals surface area contributed by atoms with Gasteiger partial charge in [-0.1, -0.05) is 110 Å². The zero-order valence-electron chi connectivity index (χ0n) is 20.8. The van der Waals surface area contributed by atoms with Gasteiger partial charge in [-0.25, -0.2) is 0 Å². The van der Waals surface area contributed by atoms with Gasteiger partial charge in [-0.3, -0.25) is 4.79 Å². The summed E-state index contributed by atoms with van der Waals surface area (Å²) in [5.41, 5.74) is 0. The maximum atomic E-state index is 12.0. The molecule has 0 saturated carbocycles. The number of carbonyl (C=O) groups excluding carboxylic acids is 1. The van der Waals surface area contributed by atoms with E-state index < -0.39 is 0 Å². The quantitative estimate of drug-likeness (QED) is 0.0859. The van der Waals surface area contributed by atoms with Crippen molar-refractivity contribution < 1.29 is 9.53 Å². The molecule has 0 aromatic heterocycles. The van der Waals surface area contributed by atoms with Gasteiger partial charge < -0.3 is 4.74 Å². The molecule has 0 saturated heterocycles. The van der Waals surface area contributed by atoms with Crippen molar-refractivity contribution in [1.29, 1.82) is 0 Å². The van der Waals surface area contributed by atoms with E-state index >= 15 is 0 Å². The molecule has 0 spiro atoms. The summed E-state index contributed by atoms with van der Waals surface area (Å²) in [5.74, 6) is 0.576. The zero-order chi connectivity index (χ0) is 22.6. The summed E-state index contributed by atoms with van der Waals surface area (Å²) in [7, 11) is 0.245. The molecule has 0 atom stereocenters. The Morgan fingerprint density at radius 2 is 1.03 bits per heavy atom. The summed E-state index contributed by atoms with van der Waals surface area (Å²) in [6.07, 6.45) is 28.0. The monoisotopic (exact) mass is 449 g/mol. The molecule has 0 aliphatic rings. The van der Waals surface area contributed by atoms with Crippen LogP contribution >= 0.6 is 0 Å². The minimum Gasteiger partial charge on any atom is -0.427 e. The summed E-state index contributed by atoms with van der Waals surface area (Å²) in [4.78, 5) is 13.3. The second kappa shape index (κ2) is 19.7. The lowest BCUT2D eigenvalue weighted by Gasteiger charge is -2.05. The van der Waals surface area contributed by atoms with Gasteiger partial charge in [-0.05, 0) is 30.7 Å². The second-order valence-electron chi connectivity index (χ2n) is 9.17. The third kappa shape index (κ3) is 16.3. The predicted octanol–water partition coefficient (Wildman–Crippen LogP) is 8.87. The van der Waals surface area contributed by atoms with Crippen LogP contribution in [0.1, 0.15) is 122 Å². The number of unbranched alkanes of at least 4 members (excludes halogenated alkanes) is 16. The van der Waals surface area contributed by atoms with Crippen LogP contribution in [0, 0.1) is 0 Å². The number of benzene rings is 1. The van der Waals surface area contributed by atoms with Crippen molar-refractivity contribution in [3.63, 3.8) is 0 Å². The van der Waals surface area contributed by atoms with Crippen molar-refractivity contribution in [3.05, 3.63) is 24.3 Å². The van der Waals surface area contributed by atoms with E-state index in [0.29, 0.717) is 12.2 Å². The first-order chi connectivity index (χ1) is 15.1. The smallest absolute Gasteiger partial charge is 0.311 e. The molecule has 0 fully saturated rings. The van der Waals surface area contributed by atoms with Gasteiger partial charge in [0.15, 0.2) is 4.90 Å². The molecule has 31 heavy (non-hydrogen) atoms. The van der Waals surface area contributed by atoms with Crippen LogP contribution in [-0.2, 0) is 15.7 Å². The highest BCUT2D eigenvalue weighted by Crippen LogP contribution is 2.18. The molecule has 1 aromatic carbocycles. The lowest BCUT2D eigenvalue weighted by atomic mass is 10.0. The van der Waals surface area contributed by atoms with Crippen LogP contribution in [0.3, 0.4) is 0 Å². The highest BCUT2D eigenvalue weighted by Gasteiger charge is 2.09. The summed E-state index contributed by atoms with van der Waals surface area (Å²) in [6, 6.07) is 7.94. The maximum absolute atomic E-state index is 12.0. The summed E-state index contributed by atoms with van der Waals surface area (Å²) in [5, 5.41) is 0. The van der Waals surface area contributed by atoms with Crippen molar-refractivity contribution in [1.82, 2.24) is 0 Å². The first-order valence-electron chi connectivity index (χ1n) is 13.0. The Kier molecular flexibility index (Phi) is 17.8. The van der Waals surface area contributed by atoms with E-state index in [-0.39, 0.29) is 16.9 Å². The van der Waals surface area contributed by atoms with E-state index in [2.05, 4.69) is 31.6 Å². The van der Waals surface area contributed by atoms with Gasteiger partial charge in [0.2, 0.25) is 0 Å². The molecule has 0 amide bonds. The molecule has 2 nitrogen and oxygen atoms in total. The highest BCUT2D eigenvalue weighted by atomic mass is 32.2. The number of rotatable bonds is 20. The first-order valence-corrected chi connectivity index (χ1v) is 15.1. The minimum absolute atomic E-state index is 0.0966. The van der Waals surface area contributed by atoms with E-state index in [1.54, 1.807) is 0 Å². The van der Waals surface area contributed by atoms with E-state index in [1.807, 2.05) is 12.1 Å². The number of carbonyl (C=O) groups is 1. The number of hydrogen-bond donors (Lipinski definition) is 0. The minimum atomic E-state index is -0.0966. The SMILES string of the molecule is CCCCCCCCCCCCCCCCCCCC(=O)Oc1ccc([S+](C)C)cc1. The van der Waals surface area contributed by atoms with Gasteiger partial charge in [-0.2, -0.15) is 0 Å². The van der Waals surface area contributed by atoms with Crippen LogP contribution in [0.5, 0.6) is 5.75 Å². The molecule has 0 N–H and O–H groups in total. The normalized spacial score (nSPS) is 11.2. The lowest BCUT2D eigenvalue weighted by molar-refractivity contribution is -0.134. The zero-order valence-corrected chi connectivity index (χ0v) is 21.6. The fourth-order valence-electron chi connectivity index (χ4n) is 3.96. The molecular weight excluding hydrogens is 400 g/mol. The lowest BCUT2D eigenvalue weighted by Crippen LogP contribution is -2.07. The summed E-state index contributed by atoms with van der Waals surface area (Å²) in [6.45, 7) is 2.29. The maximum Gasteiger partial charge on any atom is 0.311 e. The van der Waals surface area contributed by atoms with Crippen LogP contribution in [0.25, 0.3) is 0 Å². The number of hydrogen-bond acceptors (Lipinski definition) is 2. The predicted molar refractivity (Wildman–Crippen MR) is 138 cm³/mol. The van der Waals surface area contributed by atoms with Crippen molar-refractivity contribution in [3.8, 4) is 5.75 Å². The molecule has 0 aliphatic heterocycles. The standard InChI is InChI=1S/C28H49O2S/c1-4-5-6-7-8-9-10-11-12-13-14-15-16-17-18-19-20-21-28(29)30-26-22-24-27(25-23-26)31(2)3/h22-25H,4-21H2,1-3H3/q+1. The largest absolute Gasteiger partial charge is 0.427 e. The van der Waals surface area contributed by atoms with Crippen molar-refractivity contribution in [2.45, 2.75) is 127 Å². The molecule has 178 valence electrons. The molecular formula is C28H49O2S+. The van der Waals surface area contributed by atoms with E-state index in [0.717, 1.165) is 12.8 Å². The molecule has 0 radical (unpaired) electrons. The molecule has 0 unspecified atom stereocenters. The molecule has 0 heterocycles. The Morgan fingerprint density at radius 3 is 1.42 bits per heavy atom. The topological polar surface area (TPSA) is 26.3 Å². The Balaban J connectivity index is 1.83. The van der Waals surface area contributed by atoms with Gasteiger partial charge in [0.1, 0.15) is 18.3 Å². The Hall–Kier alpha value is -0.960. The Morgan fingerprint density at radius 1 is 0.645 bits per heavy atom. The fourth-order valence-corrected chi connectivity index (χ4v) is 4.64. The van der Waals surface area contributed by atoms with Crippen LogP contribution in [-0.4, -0.2) is 18.5 Å². The van der Waals surface area contributed by atoms with Crippen LogP contribution < -0.4 is 4.74 Å². The average molecular weight is 450 g/mol. The Labute approximate surface area is 196 Å². The van der Waals surface area contributed by atoms with Crippen molar-refractivity contribution in [2.24, 2.45) is 0 Å². The molecule has 1 rings (SSSR count). The number of ether oxygens (including phenoxy) is 1. The second-order valence-corrected chi connectivity index (χ2v) is 11.3. The first kappa shape index (κ1) is 28.1. The van der Waals surface area contributed by atoms with Crippen molar-refractivity contribution >= 4 is 16.9 Å². The van der Waals surface area contributed by atoms with Crippen LogP contribution in [0.15, 0.2) is 29.2 Å². The molecule has 0 bridgehead atoms. The van der Waals surface area contributed by atoms with Crippen molar-refractivity contribution in [2.75, 3.05) is 12.5 Å². The molecule has 3 heteroatoms. The van der Waals surface area contributed by atoms with Crippen LogP contribution in [0.4, 0.5) is 0 Å². The highest BCUT2D eigenvalue weighted by molar-refractivity contribution is 7.95. The third-order valence-corrected chi connectivity index (χ3v) is 7.23. The Bertz CT molecular complexity index is 538. The molecule has 0 aliphatic carbocycles. The summed E-state index contributed by atoms with van der Waals surface area (Å²) >= 11 is 0. The van der Waals surface area contributed by atoms with Gasteiger partial charge >= 0.3 is 5.97 Å². The number of esters is 1. The summed E-state index contributed by atoms with van der Waals surface area (Å²) < 4.78 is 5.44. The fraction of sp³-hybridized carbons (Fsp3) is 0.750. The molecule has 1 aromatic rings. The third-order valence-electron chi connectivity index (χ3n) is 6.01. The van der Waals surface area contributed by atoms with E-state index in [9.17, 15) is 4.79 Å². The van der Waals surface area contributed by atoms with Gasteiger partial charge in [-0.15, -0.1) is 0 Å². The van der Waals surface area contributed by atoms with E-state index in [1.165, 1.54) is 101 Å². The van der Waals surface area contributed by atoms with Crippen LogP contribution in [0.2, 0.25) is 0 Å².